The average Bonchev–Trinajstić information content (AvgIpc) is 2.50. The lowest BCUT2D eigenvalue weighted by molar-refractivity contribution is -0.127. The van der Waals surface area contributed by atoms with Crippen LogP contribution >= 0.6 is 23.2 Å². The minimum absolute atomic E-state index is 0.133. The second-order valence-corrected chi connectivity index (χ2v) is 7.67. The molecular weight excluding hydrogens is 331 g/mol. The number of carbonyl (C=O) groups is 1. The SMILES string of the molecule is CC(C)[C@@H](C)NC(=O)C1CCN(Cc2ccc(Cl)cc2Cl)CC1. The molecule has 1 N–H and O–H groups in total. The molecule has 1 amide bonds. The lowest BCUT2D eigenvalue weighted by atomic mass is 9.94. The van der Waals surface area contributed by atoms with Gasteiger partial charge in [-0.3, -0.25) is 9.69 Å². The molecule has 1 heterocycles. The number of nitrogens with one attached hydrogen (secondary N) is 1. The Labute approximate surface area is 149 Å². The number of rotatable bonds is 5. The van der Waals surface area contributed by atoms with Gasteiger partial charge >= 0.3 is 0 Å². The van der Waals surface area contributed by atoms with Crippen LogP contribution in [-0.4, -0.2) is 29.9 Å². The van der Waals surface area contributed by atoms with Crippen LogP contribution in [0.2, 0.25) is 10.0 Å². The van der Waals surface area contributed by atoms with Crippen LogP contribution < -0.4 is 5.32 Å². The zero-order valence-electron chi connectivity index (χ0n) is 14.1. The number of hydrogen-bond donors (Lipinski definition) is 1. The van der Waals surface area contributed by atoms with E-state index in [4.69, 9.17) is 23.2 Å². The molecular formula is C18H26Cl2N2O. The van der Waals surface area contributed by atoms with Crippen molar-refractivity contribution >= 4 is 29.1 Å². The molecule has 1 fully saturated rings. The maximum Gasteiger partial charge on any atom is 0.223 e. The number of carbonyl (C=O) groups excluding carboxylic acids is 1. The van der Waals surface area contributed by atoms with Gasteiger partial charge in [-0.2, -0.15) is 0 Å². The summed E-state index contributed by atoms with van der Waals surface area (Å²) in [6.07, 6.45) is 1.81. The summed E-state index contributed by atoms with van der Waals surface area (Å²) in [6, 6.07) is 5.86. The van der Waals surface area contributed by atoms with Crippen molar-refractivity contribution in [1.29, 1.82) is 0 Å². The second kappa shape index (κ2) is 8.36. The van der Waals surface area contributed by atoms with Gasteiger partial charge in [-0.15, -0.1) is 0 Å². The van der Waals surface area contributed by atoms with Crippen molar-refractivity contribution in [2.45, 2.75) is 46.2 Å². The van der Waals surface area contributed by atoms with Crippen molar-refractivity contribution in [3.05, 3.63) is 33.8 Å². The van der Waals surface area contributed by atoms with Gasteiger partial charge < -0.3 is 5.32 Å². The maximum absolute atomic E-state index is 12.3. The Bertz CT molecular complexity index is 540. The fourth-order valence-electron chi connectivity index (χ4n) is 2.75. The molecule has 5 heteroatoms. The normalized spacial score (nSPS) is 18.2. The largest absolute Gasteiger partial charge is 0.353 e. The summed E-state index contributed by atoms with van der Waals surface area (Å²) in [6.45, 7) is 8.99. The van der Waals surface area contributed by atoms with E-state index in [0.29, 0.717) is 16.0 Å². The number of piperidine rings is 1. The van der Waals surface area contributed by atoms with Gasteiger partial charge in [0.05, 0.1) is 0 Å². The number of amides is 1. The molecule has 128 valence electrons. The van der Waals surface area contributed by atoms with E-state index < -0.39 is 0 Å². The first-order valence-electron chi connectivity index (χ1n) is 8.33. The maximum atomic E-state index is 12.3. The molecule has 23 heavy (non-hydrogen) atoms. The van der Waals surface area contributed by atoms with Crippen molar-refractivity contribution in [3.8, 4) is 0 Å². The minimum Gasteiger partial charge on any atom is -0.353 e. The Morgan fingerprint density at radius 2 is 1.91 bits per heavy atom. The molecule has 1 saturated heterocycles. The van der Waals surface area contributed by atoms with Gasteiger partial charge in [0, 0.05) is 28.5 Å². The average molecular weight is 357 g/mol. The van der Waals surface area contributed by atoms with E-state index in [2.05, 4.69) is 31.0 Å². The van der Waals surface area contributed by atoms with Crippen molar-refractivity contribution < 1.29 is 4.79 Å². The second-order valence-electron chi connectivity index (χ2n) is 6.83. The number of halogens is 2. The van der Waals surface area contributed by atoms with Gasteiger partial charge in [0.15, 0.2) is 0 Å². The Kier molecular flexibility index (Phi) is 6.75. The third-order valence-electron chi connectivity index (χ3n) is 4.74. The molecule has 0 aliphatic carbocycles. The molecule has 0 saturated carbocycles. The number of likely N-dealkylation sites (tertiary alicyclic amines) is 1. The number of nitrogens with zero attached hydrogens (tertiary/aromatic N) is 1. The molecule has 0 bridgehead atoms. The summed E-state index contributed by atoms with van der Waals surface area (Å²) in [7, 11) is 0. The molecule has 3 nitrogen and oxygen atoms in total. The molecule has 2 rings (SSSR count). The Morgan fingerprint density at radius 1 is 1.26 bits per heavy atom. The van der Waals surface area contributed by atoms with E-state index in [9.17, 15) is 4.79 Å². The molecule has 1 aromatic carbocycles. The van der Waals surface area contributed by atoms with Gasteiger partial charge in [-0.1, -0.05) is 43.1 Å². The van der Waals surface area contributed by atoms with Crippen LogP contribution in [0.1, 0.15) is 39.2 Å². The Morgan fingerprint density at radius 3 is 2.48 bits per heavy atom. The highest BCUT2D eigenvalue weighted by Gasteiger charge is 2.26. The Balaban J connectivity index is 1.83. The van der Waals surface area contributed by atoms with Crippen LogP contribution in [0.15, 0.2) is 18.2 Å². The van der Waals surface area contributed by atoms with E-state index in [1.165, 1.54) is 0 Å². The highest BCUT2D eigenvalue weighted by molar-refractivity contribution is 6.35. The van der Waals surface area contributed by atoms with Crippen LogP contribution in [0.3, 0.4) is 0 Å². The Hall–Kier alpha value is -0.770. The smallest absolute Gasteiger partial charge is 0.223 e. The third-order valence-corrected chi connectivity index (χ3v) is 5.32. The lowest BCUT2D eigenvalue weighted by Crippen LogP contribution is -2.44. The number of hydrogen-bond acceptors (Lipinski definition) is 2. The van der Waals surface area contributed by atoms with Gasteiger partial charge in [0.25, 0.3) is 0 Å². The predicted molar refractivity (Wildman–Crippen MR) is 96.9 cm³/mol. The minimum atomic E-state index is 0.133. The van der Waals surface area contributed by atoms with Crippen molar-refractivity contribution in [3.63, 3.8) is 0 Å². The summed E-state index contributed by atoms with van der Waals surface area (Å²) >= 11 is 12.2. The van der Waals surface area contributed by atoms with Gasteiger partial charge in [-0.25, -0.2) is 0 Å². The van der Waals surface area contributed by atoms with Crippen LogP contribution in [-0.2, 0) is 11.3 Å². The number of benzene rings is 1. The molecule has 0 radical (unpaired) electrons. The summed E-state index contributed by atoms with van der Waals surface area (Å²) in [4.78, 5) is 14.7. The molecule has 1 aliphatic rings. The standard InChI is InChI=1S/C18H26Cl2N2O/c1-12(2)13(3)21-18(23)14-6-8-22(9-7-14)11-15-4-5-16(19)10-17(15)20/h4-5,10,12-14H,6-9,11H2,1-3H3,(H,21,23)/t13-/m1/s1. The highest BCUT2D eigenvalue weighted by atomic mass is 35.5. The van der Waals surface area contributed by atoms with Crippen LogP contribution in [0.5, 0.6) is 0 Å². The monoisotopic (exact) mass is 356 g/mol. The van der Waals surface area contributed by atoms with Gasteiger partial charge in [0.1, 0.15) is 0 Å². The fourth-order valence-corrected chi connectivity index (χ4v) is 3.22. The zero-order valence-corrected chi connectivity index (χ0v) is 15.6. The molecule has 1 atom stereocenters. The topological polar surface area (TPSA) is 32.3 Å². The summed E-state index contributed by atoms with van der Waals surface area (Å²) in [5.74, 6) is 0.801. The summed E-state index contributed by atoms with van der Waals surface area (Å²) in [5.41, 5.74) is 1.09. The van der Waals surface area contributed by atoms with Crippen molar-refractivity contribution in [2.75, 3.05) is 13.1 Å². The van der Waals surface area contributed by atoms with Crippen molar-refractivity contribution in [2.24, 2.45) is 11.8 Å². The molecule has 1 aliphatic heterocycles. The lowest BCUT2D eigenvalue weighted by Gasteiger charge is -2.32. The quantitative estimate of drug-likeness (QED) is 0.849. The molecule has 1 aromatic rings. The van der Waals surface area contributed by atoms with Crippen molar-refractivity contribution in [1.82, 2.24) is 10.2 Å². The fraction of sp³-hybridized carbons (Fsp3) is 0.611. The van der Waals surface area contributed by atoms with Gasteiger partial charge in [0.2, 0.25) is 5.91 Å². The summed E-state index contributed by atoms with van der Waals surface area (Å²) in [5, 5.41) is 4.51. The van der Waals surface area contributed by atoms with Crippen LogP contribution in [0, 0.1) is 11.8 Å². The van der Waals surface area contributed by atoms with Crippen LogP contribution in [0.25, 0.3) is 0 Å². The van der Waals surface area contributed by atoms with Gasteiger partial charge in [-0.05, 0) is 56.5 Å². The predicted octanol–water partition coefficient (Wildman–Crippen LogP) is 4.37. The molecule has 0 unspecified atom stereocenters. The van der Waals surface area contributed by atoms with E-state index >= 15 is 0 Å². The van der Waals surface area contributed by atoms with E-state index in [-0.39, 0.29) is 17.9 Å². The van der Waals surface area contributed by atoms with Crippen LogP contribution in [0.4, 0.5) is 0 Å². The summed E-state index contributed by atoms with van der Waals surface area (Å²) < 4.78 is 0. The first kappa shape index (κ1) is 18.6. The first-order chi connectivity index (χ1) is 10.9. The van der Waals surface area contributed by atoms with E-state index in [1.54, 1.807) is 6.07 Å². The van der Waals surface area contributed by atoms with E-state index in [0.717, 1.165) is 38.0 Å². The zero-order chi connectivity index (χ0) is 17.0. The molecule has 0 spiro atoms. The molecule has 0 aromatic heterocycles. The third kappa shape index (κ3) is 5.37. The first-order valence-corrected chi connectivity index (χ1v) is 9.09. The van der Waals surface area contributed by atoms with E-state index in [1.807, 2.05) is 12.1 Å². The highest BCUT2D eigenvalue weighted by Crippen LogP contribution is 2.25.